The summed E-state index contributed by atoms with van der Waals surface area (Å²) in [6, 6.07) is 3.05. The molecule has 90 valence electrons. The fourth-order valence-corrected chi connectivity index (χ4v) is 2.35. The standard InChI is InChI=1S/C9H8F3IO2S/c1-14-6-3-5(13)4-7(15-2)8(6)16-9(10,11)12/h3-4H,1-2H3. The van der Waals surface area contributed by atoms with E-state index in [0.29, 0.717) is 0 Å². The summed E-state index contributed by atoms with van der Waals surface area (Å²) in [7, 11) is 2.65. The van der Waals surface area contributed by atoms with Crippen LogP contribution in [0.1, 0.15) is 0 Å². The van der Waals surface area contributed by atoms with Gasteiger partial charge in [-0.2, -0.15) is 13.2 Å². The van der Waals surface area contributed by atoms with Crippen LogP contribution >= 0.6 is 34.4 Å². The van der Waals surface area contributed by atoms with Crippen LogP contribution in [0.25, 0.3) is 0 Å². The van der Waals surface area contributed by atoms with E-state index in [2.05, 4.69) is 0 Å². The van der Waals surface area contributed by atoms with Gasteiger partial charge in [0.05, 0.1) is 14.2 Å². The molecule has 0 amide bonds. The minimum Gasteiger partial charge on any atom is -0.495 e. The fourth-order valence-electron chi connectivity index (χ4n) is 1.06. The van der Waals surface area contributed by atoms with E-state index in [-0.39, 0.29) is 28.2 Å². The second kappa shape index (κ2) is 5.35. The molecule has 0 aliphatic rings. The summed E-state index contributed by atoms with van der Waals surface area (Å²) in [5.41, 5.74) is -4.37. The fraction of sp³-hybridized carbons (Fsp3) is 0.333. The van der Waals surface area contributed by atoms with Crippen LogP contribution in [0.15, 0.2) is 17.0 Å². The first-order chi connectivity index (χ1) is 7.37. The maximum absolute atomic E-state index is 12.3. The monoisotopic (exact) mass is 364 g/mol. The van der Waals surface area contributed by atoms with E-state index in [0.717, 1.165) is 3.57 Å². The maximum Gasteiger partial charge on any atom is 0.446 e. The molecule has 0 fully saturated rings. The third-order valence-corrected chi connectivity index (χ3v) is 3.10. The smallest absolute Gasteiger partial charge is 0.446 e. The van der Waals surface area contributed by atoms with Gasteiger partial charge in [-0.05, 0) is 46.5 Å². The quantitative estimate of drug-likeness (QED) is 0.599. The number of hydrogen-bond donors (Lipinski definition) is 0. The van der Waals surface area contributed by atoms with Crippen molar-refractivity contribution >= 4 is 34.4 Å². The molecule has 0 atom stereocenters. The molecule has 0 radical (unpaired) electrons. The normalized spacial score (nSPS) is 11.4. The van der Waals surface area contributed by atoms with Crippen LogP contribution in [-0.4, -0.2) is 19.7 Å². The van der Waals surface area contributed by atoms with Crippen molar-refractivity contribution in [3.05, 3.63) is 15.7 Å². The van der Waals surface area contributed by atoms with Crippen molar-refractivity contribution in [1.82, 2.24) is 0 Å². The summed E-state index contributed by atoms with van der Waals surface area (Å²) in [6.45, 7) is 0. The first kappa shape index (κ1) is 13.8. The Hall–Kier alpha value is -0.310. The average Bonchev–Trinajstić information content (AvgIpc) is 2.18. The molecule has 0 saturated carbocycles. The van der Waals surface area contributed by atoms with Gasteiger partial charge >= 0.3 is 5.51 Å². The van der Waals surface area contributed by atoms with Crippen molar-refractivity contribution < 1.29 is 22.6 Å². The first-order valence-corrected chi connectivity index (χ1v) is 5.94. The molecule has 7 heteroatoms. The molecule has 1 aromatic carbocycles. The van der Waals surface area contributed by atoms with Crippen LogP contribution in [0.5, 0.6) is 11.5 Å². The van der Waals surface area contributed by atoms with Crippen molar-refractivity contribution in [3.8, 4) is 11.5 Å². The summed E-state index contributed by atoms with van der Waals surface area (Å²) >= 11 is 1.74. The molecule has 0 saturated heterocycles. The van der Waals surface area contributed by atoms with E-state index in [9.17, 15) is 13.2 Å². The molecule has 1 aromatic rings. The van der Waals surface area contributed by atoms with Gasteiger partial charge in [-0.15, -0.1) is 0 Å². The van der Waals surface area contributed by atoms with Crippen LogP contribution in [0, 0.1) is 3.57 Å². The predicted molar refractivity (Wildman–Crippen MR) is 64.2 cm³/mol. The van der Waals surface area contributed by atoms with Crippen LogP contribution in [0.4, 0.5) is 13.2 Å². The molecular weight excluding hydrogens is 356 g/mol. The molecule has 0 unspecified atom stereocenters. The summed E-state index contributed by atoms with van der Waals surface area (Å²) < 4.78 is 47.5. The van der Waals surface area contributed by atoms with Gasteiger partial charge in [-0.25, -0.2) is 0 Å². The zero-order valence-corrected chi connectivity index (χ0v) is 11.4. The molecule has 1 rings (SSSR count). The molecule has 2 nitrogen and oxygen atoms in total. The van der Waals surface area contributed by atoms with E-state index in [1.165, 1.54) is 26.4 Å². The Kier molecular flexibility index (Phi) is 4.60. The number of halogens is 4. The average molecular weight is 364 g/mol. The van der Waals surface area contributed by atoms with E-state index in [4.69, 9.17) is 9.47 Å². The molecule has 0 N–H and O–H groups in total. The second-order valence-electron chi connectivity index (χ2n) is 2.69. The minimum absolute atomic E-state index is 0.0575. The maximum atomic E-state index is 12.3. The third-order valence-electron chi connectivity index (χ3n) is 1.64. The zero-order valence-electron chi connectivity index (χ0n) is 8.39. The number of benzene rings is 1. The highest BCUT2D eigenvalue weighted by Crippen LogP contribution is 2.46. The Labute approximate surface area is 109 Å². The molecule has 0 heterocycles. The van der Waals surface area contributed by atoms with Gasteiger partial charge in [0.25, 0.3) is 0 Å². The van der Waals surface area contributed by atoms with Gasteiger partial charge in [0.1, 0.15) is 16.4 Å². The Bertz CT molecular complexity index is 357. The molecule has 0 aliphatic heterocycles. The highest BCUT2D eigenvalue weighted by atomic mass is 127. The number of alkyl halides is 3. The summed E-state index contributed by atoms with van der Waals surface area (Å²) in [5.74, 6) is 0.317. The van der Waals surface area contributed by atoms with E-state index in [1.54, 1.807) is 0 Å². The van der Waals surface area contributed by atoms with Gasteiger partial charge in [0, 0.05) is 3.57 Å². The largest absolute Gasteiger partial charge is 0.495 e. The highest BCUT2D eigenvalue weighted by Gasteiger charge is 2.33. The Balaban J connectivity index is 3.22. The highest BCUT2D eigenvalue weighted by molar-refractivity contribution is 14.1. The van der Waals surface area contributed by atoms with E-state index >= 15 is 0 Å². The molecule has 0 spiro atoms. The lowest BCUT2D eigenvalue weighted by Crippen LogP contribution is -2.02. The zero-order chi connectivity index (χ0) is 12.3. The van der Waals surface area contributed by atoms with Gasteiger partial charge in [0.2, 0.25) is 0 Å². The lowest BCUT2D eigenvalue weighted by molar-refractivity contribution is -0.0329. The third kappa shape index (κ3) is 3.62. The van der Waals surface area contributed by atoms with Crippen molar-refractivity contribution in [3.63, 3.8) is 0 Å². The SMILES string of the molecule is COc1cc(I)cc(OC)c1SC(F)(F)F. The van der Waals surface area contributed by atoms with Crippen molar-refractivity contribution in [2.45, 2.75) is 10.4 Å². The van der Waals surface area contributed by atoms with Crippen molar-refractivity contribution in [2.24, 2.45) is 0 Å². The predicted octanol–water partition coefficient (Wildman–Crippen LogP) is 3.92. The summed E-state index contributed by atoms with van der Waals surface area (Å²) in [5, 5.41) is 0. The van der Waals surface area contributed by atoms with Crippen LogP contribution < -0.4 is 9.47 Å². The van der Waals surface area contributed by atoms with Crippen molar-refractivity contribution in [2.75, 3.05) is 14.2 Å². The van der Waals surface area contributed by atoms with Crippen molar-refractivity contribution in [1.29, 1.82) is 0 Å². The van der Waals surface area contributed by atoms with Gasteiger partial charge < -0.3 is 9.47 Å². The molecule has 16 heavy (non-hydrogen) atoms. The van der Waals surface area contributed by atoms with Crippen LogP contribution in [0.2, 0.25) is 0 Å². The van der Waals surface area contributed by atoms with Gasteiger partial charge in [-0.3, -0.25) is 0 Å². The van der Waals surface area contributed by atoms with E-state index in [1.807, 2.05) is 22.6 Å². The number of methoxy groups -OCH3 is 2. The number of thioether (sulfide) groups is 1. The van der Waals surface area contributed by atoms with Gasteiger partial charge in [-0.1, -0.05) is 0 Å². The Morgan fingerprint density at radius 3 is 1.88 bits per heavy atom. The summed E-state index contributed by atoms with van der Waals surface area (Å²) in [6.07, 6.45) is 0. The Morgan fingerprint density at radius 1 is 1.12 bits per heavy atom. The van der Waals surface area contributed by atoms with Crippen LogP contribution in [0.3, 0.4) is 0 Å². The van der Waals surface area contributed by atoms with Gasteiger partial charge in [0.15, 0.2) is 0 Å². The molecule has 0 aliphatic carbocycles. The second-order valence-corrected chi connectivity index (χ2v) is 5.01. The molecule has 0 aromatic heterocycles. The minimum atomic E-state index is -4.37. The van der Waals surface area contributed by atoms with E-state index < -0.39 is 5.51 Å². The lowest BCUT2D eigenvalue weighted by Gasteiger charge is -2.14. The topological polar surface area (TPSA) is 18.5 Å². The molecule has 0 bridgehead atoms. The molecular formula is C9H8F3IO2S. The Morgan fingerprint density at radius 2 is 1.56 bits per heavy atom. The first-order valence-electron chi connectivity index (χ1n) is 4.04. The van der Waals surface area contributed by atoms with Crippen LogP contribution in [-0.2, 0) is 0 Å². The number of hydrogen-bond acceptors (Lipinski definition) is 3. The number of ether oxygens (including phenoxy) is 2. The summed E-state index contributed by atoms with van der Waals surface area (Å²) in [4.78, 5) is -0.0575. The lowest BCUT2D eigenvalue weighted by atomic mass is 10.3. The number of rotatable bonds is 3.